The summed E-state index contributed by atoms with van der Waals surface area (Å²) in [5.41, 5.74) is 0.935. The molecule has 0 saturated heterocycles. The molecule has 0 aliphatic rings. The number of aromatic nitrogens is 1. The molecule has 0 atom stereocenters. The van der Waals surface area contributed by atoms with Gasteiger partial charge in [0.05, 0.1) is 21.7 Å². The molecule has 0 N–H and O–H groups in total. The van der Waals surface area contributed by atoms with Crippen LogP contribution < -0.4 is 4.80 Å². The van der Waals surface area contributed by atoms with E-state index in [9.17, 15) is 8.42 Å². The molecule has 24 heavy (non-hydrogen) atoms. The Morgan fingerprint density at radius 3 is 2.58 bits per heavy atom. The molecule has 0 spiro atoms. The summed E-state index contributed by atoms with van der Waals surface area (Å²) in [7, 11) is -2.20. The molecule has 5 nitrogen and oxygen atoms in total. The molecule has 3 aromatic rings. The van der Waals surface area contributed by atoms with E-state index in [0.29, 0.717) is 23.0 Å². The number of hydrogen-bond donors (Lipinski definition) is 0. The van der Waals surface area contributed by atoms with Crippen molar-refractivity contribution in [2.24, 2.45) is 4.40 Å². The van der Waals surface area contributed by atoms with Crippen LogP contribution in [0.25, 0.3) is 10.2 Å². The Morgan fingerprint density at radius 2 is 1.88 bits per heavy atom. The molecule has 2 aromatic carbocycles. The molecule has 0 aliphatic carbocycles. The fourth-order valence-electron chi connectivity index (χ4n) is 2.25. The number of methoxy groups -OCH3 is 1. The van der Waals surface area contributed by atoms with Gasteiger partial charge < -0.3 is 9.30 Å². The molecular formula is C16H15ClN2O3S2. The van der Waals surface area contributed by atoms with Crippen molar-refractivity contribution in [1.29, 1.82) is 0 Å². The quantitative estimate of drug-likeness (QED) is 0.680. The maximum absolute atomic E-state index is 12.6. The number of para-hydroxylation sites is 1. The highest BCUT2D eigenvalue weighted by atomic mass is 35.5. The molecule has 126 valence electrons. The second-order valence-corrected chi connectivity index (χ2v) is 8.07. The summed E-state index contributed by atoms with van der Waals surface area (Å²) in [5.74, 6) is 0. The molecule has 1 aromatic heterocycles. The van der Waals surface area contributed by atoms with E-state index in [1.165, 1.54) is 35.6 Å². The molecule has 0 fully saturated rings. The van der Waals surface area contributed by atoms with Crippen LogP contribution in [0.2, 0.25) is 5.02 Å². The van der Waals surface area contributed by atoms with Crippen LogP contribution in [0, 0.1) is 0 Å². The van der Waals surface area contributed by atoms with Crippen LogP contribution in [0.5, 0.6) is 0 Å². The van der Waals surface area contributed by atoms with Gasteiger partial charge in [-0.3, -0.25) is 0 Å². The Hall–Kier alpha value is -1.67. The zero-order valence-electron chi connectivity index (χ0n) is 12.8. The van der Waals surface area contributed by atoms with Crippen LogP contribution >= 0.6 is 22.9 Å². The first-order valence-electron chi connectivity index (χ1n) is 7.15. The smallest absolute Gasteiger partial charge is 0.285 e. The lowest BCUT2D eigenvalue weighted by Gasteiger charge is -2.04. The molecule has 0 saturated carbocycles. The first-order chi connectivity index (χ1) is 11.5. The fourth-order valence-corrected chi connectivity index (χ4v) is 4.64. The zero-order chi connectivity index (χ0) is 17.2. The number of nitrogens with zero attached hydrogens (tertiary/aromatic N) is 2. The number of rotatable bonds is 5. The summed E-state index contributed by atoms with van der Waals surface area (Å²) in [5, 5.41) is 0.478. The third-order valence-electron chi connectivity index (χ3n) is 3.42. The SMILES string of the molecule is COCCn1c(=NS(=O)(=O)c2ccc(Cl)cc2)sc2ccccc21. The van der Waals surface area contributed by atoms with Crippen molar-refractivity contribution in [2.45, 2.75) is 11.4 Å². The van der Waals surface area contributed by atoms with Crippen LogP contribution in [0.4, 0.5) is 0 Å². The van der Waals surface area contributed by atoms with Gasteiger partial charge in [0.15, 0.2) is 0 Å². The minimum atomic E-state index is -3.81. The van der Waals surface area contributed by atoms with Gasteiger partial charge in [-0.1, -0.05) is 35.1 Å². The number of benzene rings is 2. The van der Waals surface area contributed by atoms with Crippen LogP contribution in [0.15, 0.2) is 57.8 Å². The first kappa shape index (κ1) is 17.2. The lowest BCUT2D eigenvalue weighted by molar-refractivity contribution is 0.187. The monoisotopic (exact) mass is 382 g/mol. The van der Waals surface area contributed by atoms with E-state index in [0.717, 1.165) is 10.2 Å². The van der Waals surface area contributed by atoms with Crippen molar-refractivity contribution in [3.8, 4) is 0 Å². The van der Waals surface area contributed by atoms with Crippen LogP contribution in [0.3, 0.4) is 0 Å². The molecule has 3 rings (SSSR count). The predicted molar refractivity (Wildman–Crippen MR) is 95.9 cm³/mol. The summed E-state index contributed by atoms with van der Waals surface area (Å²) >= 11 is 7.15. The third kappa shape index (κ3) is 3.54. The Bertz CT molecular complexity index is 1020. The summed E-state index contributed by atoms with van der Waals surface area (Å²) in [4.78, 5) is 0.533. The lowest BCUT2D eigenvalue weighted by atomic mass is 10.3. The van der Waals surface area contributed by atoms with Gasteiger partial charge in [-0.2, -0.15) is 8.42 Å². The number of fused-ring (bicyclic) bond motifs is 1. The highest BCUT2D eigenvalue weighted by molar-refractivity contribution is 7.90. The summed E-state index contributed by atoms with van der Waals surface area (Å²) in [6.45, 7) is 0.990. The van der Waals surface area contributed by atoms with E-state index >= 15 is 0 Å². The summed E-state index contributed by atoms with van der Waals surface area (Å²) in [6.07, 6.45) is 0. The highest BCUT2D eigenvalue weighted by Crippen LogP contribution is 2.19. The van der Waals surface area contributed by atoms with Crippen molar-refractivity contribution >= 4 is 43.2 Å². The first-order valence-corrected chi connectivity index (χ1v) is 9.78. The Labute approximate surface area is 148 Å². The van der Waals surface area contributed by atoms with E-state index < -0.39 is 10.0 Å². The van der Waals surface area contributed by atoms with Gasteiger partial charge in [0.25, 0.3) is 10.0 Å². The van der Waals surface area contributed by atoms with Crippen LogP contribution in [-0.4, -0.2) is 26.7 Å². The number of hydrogen-bond acceptors (Lipinski definition) is 4. The molecular weight excluding hydrogens is 368 g/mol. The normalized spacial score (nSPS) is 12.8. The van der Waals surface area contributed by atoms with Crippen molar-refractivity contribution < 1.29 is 13.2 Å². The topological polar surface area (TPSA) is 60.7 Å². The Kier molecular flexibility index (Phi) is 5.05. The second-order valence-electron chi connectivity index (χ2n) is 5.02. The van der Waals surface area contributed by atoms with Crippen LogP contribution in [0.1, 0.15) is 0 Å². The van der Waals surface area contributed by atoms with Gasteiger partial charge in [-0.05, 0) is 36.4 Å². The lowest BCUT2D eigenvalue weighted by Crippen LogP contribution is -2.19. The molecule has 1 heterocycles. The minimum absolute atomic E-state index is 0.114. The van der Waals surface area contributed by atoms with Crippen molar-refractivity contribution in [3.05, 3.63) is 58.4 Å². The minimum Gasteiger partial charge on any atom is -0.383 e. The standard InChI is InChI=1S/C16H15ClN2O3S2/c1-22-11-10-19-14-4-2-3-5-15(14)23-16(19)18-24(20,21)13-8-6-12(17)7-9-13/h2-9H,10-11H2,1H3. The average Bonchev–Trinajstić information content (AvgIpc) is 2.89. The van der Waals surface area contributed by atoms with Crippen molar-refractivity contribution in [2.75, 3.05) is 13.7 Å². The Balaban J connectivity index is 2.16. The molecule has 0 bridgehead atoms. The molecule has 0 unspecified atom stereocenters. The maximum Gasteiger partial charge on any atom is 0.285 e. The van der Waals surface area contributed by atoms with E-state index in [4.69, 9.17) is 16.3 Å². The van der Waals surface area contributed by atoms with E-state index in [2.05, 4.69) is 4.40 Å². The van der Waals surface area contributed by atoms with Gasteiger partial charge in [0, 0.05) is 18.7 Å². The van der Waals surface area contributed by atoms with Gasteiger partial charge in [-0.25, -0.2) is 0 Å². The Morgan fingerprint density at radius 1 is 1.17 bits per heavy atom. The second kappa shape index (κ2) is 7.06. The van der Waals surface area contributed by atoms with Crippen LogP contribution in [-0.2, 0) is 21.3 Å². The number of thiazole rings is 1. The van der Waals surface area contributed by atoms with E-state index in [1.807, 2.05) is 28.8 Å². The third-order valence-corrected chi connectivity index (χ3v) is 6.13. The molecule has 0 radical (unpaired) electrons. The largest absolute Gasteiger partial charge is 0.383 e. The van der Waals surface area contributed by atoms with Gasteiger partial charge >= 0.3 is 0 Å². The summed E-state index contributed by atoms with van der Waals surface area (Å²) in [6, 6.07) is 13.7. The fraction of sp³-hybridized carbons (Fsp3) is 0.188. The number of ether oxygens (including phenoxy) is 1. The number of halogens is 1. The average molecular weight is 383 g/mol. The van der Waals surface area contributed by atoms with E-state index in [-0.39, 0.29) is 4.90 Å². The molecule has 0 amide bonds. The highest BCUT2D eigenvalue weighted by Gasteiger charge is 2.14. The predicted octanol–water partition coefficient (Wildman–Crippen LogP) is 3.29. The molecule has 0 aliphatic heterocycles. The summed E-state index contributed by atoms with van der Waals surface area (Å²) < 4.78 is 37.1. The zero-order valence-corrected chi connectivity index (χ0v) is 15.2. The van der Waals surface area contributed by atoms with Crippen molar-refractivity contribution in [3.63, 3.8) is 0 Å². The van der Waals surface area contributed by atoms with Gasteiger partial charge in [0.1, 0.15) is 0 Å². The number of sulfonamides is 1. The van der Waals surface area contributed by atoms with Crippen molar-refractivity contribution in [1.82, 2.24) is 4.57 Å². The molecule has 8 heteroatoms. The van der Waals surface area contributed by atoms with Gasteiger partial charge in [-0.15, -0.1) is 4.40 Å². The van der Waals surface area contributed by atoms with E-state index in [1.54, 1.807) is 7.11 Å². The van der Waals surface area contributed by atoms with Gasteiger partial charge in [0.2, 0.25) is 4.80 Å². The maximum atomic E-state index is 12.6.